The van der Waals surface area contributed by atoms with Gasteiger partial charge in [-0.25, -0.2) is 0 Å². The first kappa shape index (κ1) is 17.4. The molecular weight excluding hydrogens is 332 g/mol. The Morgan fingerprint density at radius 1 is 1.23 bits per heavy atom. The average Bonchev–Trinajstić information content (AvgIpc) is 2.67. The summed E-state index contributed by atoms with van der Waals surface area (Å²) in [7, 11) is 0. The highest BCUT2D eigenvalue weighted by atomic mass is 16.6. The molecule has 1 aliphatic heterocycles. The predicted molar refractivity (Wildman–Crippen MR) is 97.3 cm³/mol. The lowest BCUT2D eigenvalue weighted by Crippen LogP contribution is -2.15. The van der Waals surface area contributed by atoms with Crippen molar-refractivity contribution in [2.45, 2.75) is 6.92 Å². The number of hydrogen-bond acceptors (Lipinski definition) is 5. The quantitative estimate of drug-likeness (QED) is 0.660. The van der Waals surface area contributed by atoms with Gasteiger partial charge in [-0.2, -0.15) is 5.26 Å². The second-order valence-corrected chi connectivity index (χ2v) is 5.46. The van der Waals surface area contributed by atoms with E-state index in [0.29, 0.717) is 48.3 Å². The Balaban J connectivity index is 1.81. The number of carbonyl (C=O) groups excluding carboxylic acids is 1. The van der Waals surface area contributed by atoms with E-state index in [9.17, 15) is 10.1 Å². The lowest BCUT2D eigenvalue weighted by molar-refractivity contribution is -0.112. The number of fused-ring (bicyclic) bond motifs is 1. The lowest BCUT2D eigenvalue weighted by atomic mass is 10.1. The van der Waals surface area contributed by atoms with Crippen LogP contribution in [0.2, 0.25) is 0 Å². The van der Waals surface area contributed by atoms with Gasteiger partial charge >= 0.3 is 0 Å². The molecule has 0 spiro atoms. The summed E-state index contributed by atoms with van der Waals surface area (Å²) in [5.74, 6) is 1.31. The fourth-order valence-corrected chi connectivity index (χ4v) is 2.51. The van der Waals surface area contributed by atoms with Gasteiger partial charge in [0.1, 0.15) is 30.6 Å². The predicted octanol–water partition coefficient (Wildman–Crippen LogP) is 3.40. The Morgan fingerprint density at radius 3 is 2.77 bits per heavy atom. The van der Waals surface area contributed by atoms with Gasteiger partial charge in [0, 0.05) is 0 Å². The summed E-state index contributed by atoms with van der Waals surface area (Å²) in [6.07, 6.45) is 1.51. The number of benzene rings is 2. The fraction of sp³-hybridized carbons (Fsp3) is 0.200. The molecule has 0 unspecified atom stereocenters. The van der Waals surface area contributed by atoms with Crippen LogP contribution in [0.4, 0.5) is 5.69 Å². The molecule has 1 amide bonds. The van der Waals surface area contributed by atoms with Gasteiger partial charge in [0.2, 0.25) is 0 Å². The Hall–Kier alpha value is -3.46. The van der Waals surface area contributed by atoms with E-state index in [-0.39, 0.29) is 5.57 Å². The number of nitriles is 1. The van der Waals surface area contributed by atoms with Gasteiger partial charge in [-0.3, -0.25) is 4.79 Å². The van der Waals surface area contributed by atoms with Crippen LogP contribution in [0.1, 0.15) is 12.5 Å². The van der Waals surface area contributed by atoms with E-state index in [4.69, 9.17) is 14.2 Å². The van der Waals surface area contributed by atoms with Crippen molar-refractivity contribution >= 4 is 17.7 Å². The van der Waals surface area contributed by atoms with Gasteiger partial charge < -0.3 is 19.5 Å². The monoisotopic (exact) mass is 350 g/mol. The van der Waals surface area contributed by atoms with Crippen LogP contribution >= 0.6 is 0 Å². The van der Waals surface area contributed by atoms with Gasteiger partial charge in [-0.1, -0.05) is 18.2 Å². The first-order valence-corrected chi connectivity index (χ1v) is 8.26. The molecule has 6 heteroatoms. The van der Waals surface area contributed by atoms with Gasteiger partial charge in [0.25, 0.3) is 5.91 Å². The second kappa shape index (κ2) is 8.08. The first-order chi connectivity index (χ1) is 12.7. The minimum atomic E-state index is -0.505. The molecule has 26 heavy (non-hydrogen) atoms. The van der Waals surface area contributed by atoms with E-state index in [1.165, 1.54) is 6.08 Å². The zero-order valence-electron chi connectivity index (χ0n) is 14.3. The third kappa shape index (κ3) is 3.95. The fourth-order valence-electron chi connectivity index (χ4n) is 2.51. The smallest absolute Gasteiger partial charge is 0.266 e. The third-order valence-electron chi connectivity index (χ3n) is 3.68. The molecular formula is C20H18N2O4. The molecule has 2 aromatic rings. The standard InChI is InChI=1S/C20H18N2O4/c1-2-24-17-6-4-3-5-16(17)22-20(23)15(13-21)11-14-7-8-18-19(12-14)26-10-9-25-18/h3-8,11-12H,2,9-10H2,1H3,(H,22,23)/b15-11-. The maximum atomic E-state index is 12.5. The molecule has 0 aliphatic carbocycles. The van der Waals surface area contributed by atoms with Crippen molar-refractivity contribution in [1.29, 1.82) is 5.26 Å². The van der Waals surface area contributed by atoms with E-state index in [1.807, 2.05) is 19.1 Å². The van der Waals surface area contributed by atoms with Gasteiger partial charge in [0.15, 0.2) is 11.5 Å². The summed E-state index contributed by atoms with van der Waals surface area (Å²) in [6, 6.07) is 14.3. The largest absolute Gasteiger partial charge is 0.492 e. The van der Waals surface area contributed by atoms with Crippen molar-refractivity contribution in [3.63, 3.8) is 0 Å². The number of anilines is 1. The van der Waals surface area contributed by atoms with Gasteiger partial charge in [0.05, 0.1) is 12.3 Å². The van der Waals surface area contributed by atoms with Crippen LogP contribution in [-0.4, -0.2) is 25.7 Å². The van der Waals surface area contributed by atoms with E-state index >= 15 is 0 Å². The van der Waals surface area contributed by atoms with Crippen LogP contribution < -0.4 is 19.5 Å². The summed E-state index contributed by atoms with van der Waals surface area (Å²) in [5.41, 5.74) is 1.18. The summed E-state index contributed by atoms with van der Waals surface area (Å²) in [6.45, 7) is 3.32. The van der Waals surface area contributed by atoms with E-state index in [2.05, 4.69) is 5.32 Å². The lowest BCUT2D eigenvalue weighted by Gasteiger charge is -2.18. The Bertz CT molecular complexity index is 884. The van der Waals surface area contributed by atoms with Crippen molar-refractivity contribution in [1.82, 2.24) is 0 Å². The number of hydrogen-bond donors (Lipinski definition) is 1. The Labute approximate surface area is 151 Å². The number of carbonyl (C=O) groups is 1. The molecule has 0 atom stereocenters. The van der Waals surface area contributed by atoms with Crippen molar-refractivity contribution in [2.24, 2.45) is 0 Å². The molecule has 1 N–H and O–H groups in total. The summed E-state index contributed by atoms with van der Waals surface area (Å²) in [4.78, 5) is 12.5. The number of nitrogens with one attached hydrogen (secondary N) is 1. The van der Waals surface area contributed by atoms with Crippen LogP contribution in [0.3, 0.4) is 0 Å². The van der Waals surface area contributed by atoms with Gasteiger partial charge in [-0.05, 0) is 42.8 Å². The highest BCUT2D eigenvalue weighted by Gasteiger charge is 2.14. The van der Waals surface area contributed by atoms with Crippen molar-refractivity contribution in [3.8, 4) is 23.3 Å². The molecule has 2 aromatic carbocycles. The summed E-state index contributed by atoms with van der Waals surface area (Å²) >= 11 is 0. The normalized spacial score (nSPS) is 12.8. The maximum Gasteiger partial charge on any atom is 0.266 e. The average molecular weight is 350 g/mol. The number of nitrogens with zero attached hydrogens (tertiary/aromatic N) is 1. The van der Waals surface area contributed by atoms with E-state index in [0.717, 1.165) is 0 Å². The number of amides is 1. The van der Waals surface area contributed by atoms with E-state index < -0.39 is 5.91 Å². The molecule has 3 rings (SSSR count). The van der Waals surface area contributed by atoms with Crippen molar-refractivity contribution in [2.75, 3.05) is 25.1 Å². The van der Waals surface area contributed by atoms with Crippen LogP contribution in [0.5, 0.6) is 17.2 Å². The molecule has 0 saturated heterocycles. The van der Waals surface area contributed by atoms with Crippen molar-refractivity contribution in [3.05, 3.63) is 53.6 Å². The molecule has 0 fully saturated rings. The van der Waals surface area contributed by atoms with E-state index in [1.54, 1.807) is 36.4 Å². The SMILES string of the molecule is CCOc1ccccc1NC(=O)/C(C#N)=C\c1ccc2c(c1)OCCO2. The van der Waals surface area contributed by atoms with Gasteiger partial charge in [-0.15, -0.1) is 0 Å². The highest BCUT2D eigenvalue weighted by Crippen LogP contribution is 2.31. The molecule has 1 heterocycles. The topological polar surface area (TPSA) is 80.6 Å². The molecule has 132 valence electrons. The van der Waals surface area contributed by atoms with Crippen LogP contribution in [0, 0.1) is 11.3 Å². The molecule has 0 radical (unpaired) electrons. The minimum absolute atomic E-state index is 0.0204. The first-order valence-electron chi connectivity index (χ1n) is 8.26. The Morgan fingerprint density at radius 2 is 2.00 bits per heavy atom. The van der Waals surface area contributed by atoms with Crippen LogP contribution in [0.15, 0.2) is 48.0 Å². The maximum absolute atomic E-state index is 12.5. The molecule has 0 bridgehead atoms. The highest BCUT2D eigenvalue weighted by molar-refractivity contribution is 6.10. The molecule has 1 aliphatic rings. The minimum Gasteiger partial charge on any atom is -0.492 e. The van der Waals surface area contributed by atoms with Crippen LogP contribution in [0.25, 0.3) is 6.08 Å². The van der Waals surface area contributed by atoms with Crippen molar-refractivity contribution < 1.29 is 19.0 Å². The zero-order valence-corrected chi connectivity index (χ0v) is 14.3. The summed E-state index contributed by atoms with van der Waals surface area (Å²) < 4.78 is 16.5. The number of rotatable bonds is 5. The van der Waals surface area contributed by atoms with Crippen LogP contribution in [-0.2, 0) is 4.79 Å². The molecule has 6 nitrogen and oxygen atoms in total. The molecule has 0 aromatic heterocycles. The summed E-state index contributed by atoms with van der Waals surface area (Å²) in [5, 5.41) is 12.1. The second-order valence-electron chi connectivity index (χ2n) is 5.46. The Kier molecular flexibility index (Phi) is 5.40. The zero-order chi connectivity index (χ0) is 18.4. The molecule has 0 saturated carbocycles. The third-order valence-corrected chi connectivity index (χ3v) is 3.68. The number of ether oxygens (including phenoxy) is 3. The number of para-hydroxylation sites is 2.